The summed E-state index contributed by atoms with van der Waals surface area (Å²) in [6, 6.07) is 10.1. The zero-order valence-corrected chi connectivity index (χ0v) is 14.1. The Hall–Kier alpha value is -2.01. The minimum atomic E-state index is -0.466. The third-order valence-corrected chi connectivity index (χ3v) is 3.42. The Kier molecular flexibility index (Phi) is 6.04. The molecular formula is C18H26N2O3. The van der Waals surface area contributed by atoms with Crippen molar-refractivity contribution in [3.63, 3.8) is 0 Å². The highest BCUT2D eigenvalue weighted by Gasteiger charge is 2.21. The molecule has 1 aromatic rings. The summed E-state index contributed by atoms with van der Waals surface area (Å²) in [5.74, 6) is 0. The van der Waals surface area contributed by atoms with Crippen LogP contribution < -0.4 is 10.8 Å². The standard InChI is InChI=1S/C18H26N2O3/c1-18(2,3)23-17(21)19-15-9-11-16(12-10-15)20-22-13-14-7-5-4-6-8-14/h4-8,11,15,20H,9-10,12-13H2,1-3H3,(H,19,21). The molecule has 1 atom stereocenters. The van der Waals surface area contributed by atoms with Gasteiger partial charge >= 0.3 is 6.09 Å². The highest BCUT2D eigenvalue weighted by atomic mass is 16.6. The largest absolute Gasteiger partial charge is 0.444 e. The molecule has 0 bridgehead atoms. The number of hydrogen-bond acceptors (Lipinski definition) is 4. The molecule has 0 saturated heterocycles. The first-order valence-corrected chi connectivity index (χ1v) is 8.03. The number of carbonyl (C=O) groups is 1. The highest BCUT2D eigenvalue weighted by Crippen LogP contribution is 2.17. The zero-order valence-electron chi connectivity index (χ0n) is 14.1. The Bertz CT molecular complexity index is 535. The number of amides is 1. The van der Waals surface area contributed by atoms with Gasteiger partial charge in [0.15, 0.2) is 0 Å². The van der Waals surface area contributed by atoms with Crippen molar-refractivity contribution in [1.29, 1.82) is 0 Å². The van der Waals surface area contributed by atoms with Crippen LogP contribution in [0.2, 0.25) is 0 Å². The van der Waals surface area contributed by atoms with Crippen LogP contribution in [0.5, 0.6) is 0 Å². The van der Waals surface area contributed by atoms with Gasteiger partial charge in [-0.05, 0) is 45.6 Å². The van der Waals surface area contributed by atoms with E-state index in [0.717, 1.165) is 30.5 Å². The number of rotatable bonds is 5. The first kappa shape index (κ1) is 17.3. The van der Waals surface area contributed by atoms with Gasteiger partial charge in [-0.2, -0.15) is 0 Å². The maximum atomic E-state index is 11.7. The molecule has 1 amide bonds. The van der Waals surface area contributed by atoms with Crippen molar-refractivity contribution < 1.29 is 14.4 Å². The van der Waals surface area contributed by atoms with Crippen LogP contribution in [0.15, 0.2) is 42.1 Å². The van der Waals surface area contributed by atoms with Crippen molar-refractivity contribution in [2.24, 2.45) is 0 Å². The van der Waals surface area contributed by atoms with Gasteiger partial charge in [-0.1, -0.05) is 36.4 Å². The van der Waals surface area contributed by atoms with E-state index in [2.05, 4.69) is 16.9 Å². The third kappa shape index (κ3) is 6.74. The molecule has 0 radical (unpaired) electrons. The average Bonchev–Trinajstić information content (AvgIpc) is 2.48. The number of alkyl carbamates (subject to hydrolysis) is 1. The minimum Gasteiger partial charge on any atom is -0.444 e. The lowest BCUT2D eigenvalue weighted by Crippen LogP contribution is -2.40. The van der Waals surface area contributed by atoms with Crippen molar-refractivity contribution in [2.45, 2.75) is 58.3 Å². The molecule has 0 heterocycles. The van der Waals surface area contributed by atoms with E-state index in [1.165, 1.54) is 0 Å². The van der Waals surface area contributed by atoms with Crippen molar-refractivity contribution in [2.75, 3.05) is 0 Å². The first-order chi connectivity index (χ1) is 10.9. The van der Waals surface area contributed by atoms with Gasteiger partial charge in [0.1, 0.15) is 5.60 Å². The fourth-order valence-electron chi connectivity index (χ4n) is 2.32. The minimum absolute atomic E-state index is 0.115. The van der Waals surface area contributed by atoms with Crippen molar-refractivity contribution in [3.8, 4) is 0 Å². The van der Waals surface area contributed by atoms with E-state index in [-0.39, 0.29) is 12.1 Å². The van der Waals surface area contributed by atoms with Crippen LogP contribution in [-0.4, -0.2) is 17.7 Å². The molecule has 0 aromatic heterocycles. The molecule has 1 aromatic carbocycles. The Balaban J connectivity index is 1.68. The summed E-state index contributed by atoms with van der Waals surface area (Å²) in [7, 11) is 0. The summed E-state index contributed by atoms with van der Waals surface area (Å²) in [5.41, 5.74) is 4.72. The Morgan fingerprint density at radius 2 is 2.00 bits per heavy atom. The predicted octanol–water partition coefficient (Wildman–Crippen LogP) is 3.67. The average molecular weight is 318 g/mol. The fraction of sp³-hybridized carbons (Fsp3) is 0.500. The number of nitrogens with one attached hydrogen (secondary N) is 2. The van der Waals surface area contributed by atoms with Gasteiger partial charge in [0.2, 0.25) is 0 Å². The maximum absolute atomic E-state index is 11.7. The number of benzene rings is 1. The van der Waals surface area contributed by atoms with Crippen LogP contribution in [0.25, 0.3) is 0 Å². The van der Waals surface area contributed by atoms with Gasteiger partial charge in [0.05, 0.1) is 6.61 Å². The smallest absolute Gasteiger partial charge is 0.407 e. The normalized spacial score (nSPS) is 18.0. The molecule has 126 valence electrons. The molecule has 1 unspecified atom stereocenters. The highest BCUT2D eigenvalue weighted by molar-refractivity contribution is 5.68. The van der Waals surface area contributed by atoms with Crippen LogP contribution in [-0.2, 0) is 16.2 Å². The summed E-state index contributed by atoms with van der Waals surface area (Å²) >= 11 is 0. The van der Waals surface area contributed by atoms with Gasteiger partial charge in [-0.15, -0.1) is 0 Å². The van der Waals surface area contributed by atoms with Crippen LogP contribution in [0.3, 0.4) is 0 Å². The molecule has 2 rings (SSSR count). The SMILES string of the molecule is CC(C)(C)OC(=O)NC1CC=C(NOCc2ccccc2)CC1. The van der Waals surface area contributed by atoms with Gasteiger partial charge in [0.25, 0.3) is 0 Å². The van der Waals surface area contributed by atoms with Crippen LogP contribution >= 0.6 is 0 Å². The van der Waals surface area contributed by atoms with Crippen molar-refractivity contribution >= 4 is 6.09 Å². The molecular weight excluding hydrogens is 292 g/mol. The van der Waals surface area contributed by atoms with Gasteiger partial charge in [-0.3, -0.25) is 10.3 Å². The molecule has 5 nitrogen and oxygen atoms in total. The second-order valence-corrected chi connectivity index (χ2v) is 6.72. The van der Waals surface area contributed by atoms with Gasteiger partial charge < -0.3 is 10.1 Å². The number of allylic oxidation sites excluding steroid dienone is 1. The molecule has 0 spiro atoms. The first-order valence-electron chi connectivity index (χ1n) is 8.03. The number of hydroxylamine groups is 1. The van der Waals surface area contributed by atoms with E-state index < -0.39 is 5.60 Å². The van der Waals surface area contributed by atoms with Crippen molar-refractivity contribution in [1.82, 2.24) is 10.8 Å². The summed E-state index contributed by atoms with van der Waals surface area (Å²) in [4.78, 5) is 17.3. The van der Waals surface area contributed by atoms with E-state index >= 15 is 0 Å². The summed E-state index contributed by atoms with van der Waals surface area (Å²) in [5, 5.41) is 2.90. The fourth-order valence-corrected chi connectivity index (χ4v) is 2.32. The van der Waals surface area contributed by atoms with E-state index in [1.54, 1.807) is 0 Å². The van der Waals surface area contributed by atoms with Crippen molar-refractivity contribution in [3.05, 3.63) is 47.7 Å². The molecule has 1 aliphatic carbocycles. The lowest BCUT2D eigenvalue weighted by molar-refractivity contribution is 0.0434. The van der Waals surface area contributed by atoms with Gasteiger partial charge in [-0.25, -0.2) is 4.79 Å². The maximum Gasteiger partial charge on any atom is 0.407 e. The van der Waals surface area contributed by atoms with Crippen LogP contribution in [0.4, 0.5) is 4.79 Å². The monoisotopic (exact) mass is 318 g/mol. The van der Waals surface area contributed by atoms with Crippen LogP contribution in [0, 0.1) is 0 Å². The Morgan fingerprint density at radius 1 is 1.26 bits per heavy atom. The lowest BCUT2D eigenvalue weighted by atomic mass is 10.00. The van der Waals surface area contributed by atoms with E-state index in [0.29, 0.717) is 6.61 Å². The molecule has 1 aliphatic rings. The molecule has 0 aliphatic heterocycles. The number of carbonyl (C=O) groups excluding carboxylic acids is 1. The quantitative estimate of drug-likeness (QED) is 0.813. The molecule has 0 fully saturated rings. The zero-order chi connectivity index (χ0) is 16.7. The van der Waals surface area contributed by atoms with E-state index in [9.17, 15) is 4.79 Å². The Labute approximate surface area is 138 Å². The third-order valence-electron chi connectivity index (χ3n) is 3.42. The second kappa shape index (κ2) is 8.02. The summed E-state index contributed by atoms with van der Waals surface area (Å²) < 4.78 is 5.27. The lowest BCUT2D eigenvalue weighted by Gasteiger charge is -2.26. The van der Waals surface area contributed by atoms with Gasteiger partial charge in [0, 0.05) is 11.7 Å². The number of ether oxygens (including phenoxy) is 1. The Morgan fingerprint density at radius 3 is 2.61 bits per heavy atom. The molecule has 0 saturated carbocycles. The molecule has 5 heteroatoms. The summed E-state index contributed by atoms with van der Waals surface area (Å²) in [6.45, 7) is 6.11. The topological polar surface area (TPSA) is 59.6 Å². The summed E-state index contributed by atoms with van der Waals surface area (Å²) in [6.07, 6.45) is 4.20. The molecule has 23 heavy (non-hydrogen) atoms. The molecule has 2 N–H and O–H groups in total. The predicted molar refractivity (Wildman–Crippen MR) is 89.5 cm³/mol. The second-order valence-electron chi connectivity index (χ2n) is 6.72. The van der Waals surface area contributed by atoms with Crippen LogP contribution in [0.1, 0.15) is 45.6 Å². The number of hydrogen-bond donors (Lipinski definition) is 2. The van der Waals surface area contributed by atoms with E-state index in [4.69, 9.17) is 9.57 Å². The van der Waals surface area contributed by atoms with E-state index in [1.807, 2.05) is 51.1 Å².